The Balaban J connectivity index is 2.38. The maximum atomic E-state index is 11.2. The standard InChI is InChI=1S/C13H12BrN3O/c14-10-4-1-3-9(7-10)8-17-6-2-5-11(12(17)15)13(16)18/h1-7,15H,8H2,(H2,16,18). The molecule has 0 saturated heterocycles. The Kier molecular flexibility index (Phi) is 3.62. The lowest BCUT2D eigenvalue weighted by atomic mass is 10.2. The number of carbonyl (C=O) groups is 1. The van der Waals surface area contributed by atoms with Crippen LogP contribution in [0, 0.1) is 5.41 Å². The zero-order valence-corrected chi connectivity index (χ0v) is 11.1. The maximum Gasteiger partial charge on any atom is 0.252 e. The summed E-state index contributed by atoms with van der Waals surface area (Å²) in [5.74, 6) is -0.580. The molecule has 1 heterocycles. The van der Waals surface area contributed by atoms with Crippen LogP contribution in [0.25, 0.3) is 0 Å². The first-order valence-electron chi connectivity index (χ1n) is 5.36. The quantitative estimate of drug-likeness (QED) is 0.893. The molecule has 0 atom stereocenters. The first-order valence-corrected chi connectivity index (χ1v) is 6.15. The van der Waals surface area contributed by atoms with E-state index >= 15 is 0 Å². The Labute approximate surface area is 113 Å². The summed E-state index contributed by atoms with van der Waals surface area (Å²) in [7, 11) is 0. The SMILES string of the molecule is N=c1c(C(N)=O)cccn1Cc1cccc(Br)c1. The van der Waals surface area contributed by atoms with Crippen LogP contribution in [0.4, 0.5) is 0 Å². The van der Waals surface area contributed by atoms with Crippen LogP contribution in [0.1, 0.15) is 15.9 Å². The molecule has 1 amide bonds. The van der Waals surface area contributed by atoms with Crippen molar-refractivity contribution < 1.29 is 4.79 Å². The van der Waals surface area contributed by atoms with Crippen LogP contribution in [-0.4, -0.2) is 10.5 Å². The molecule has 0 radical (unpaired) electrons. The summed E-state index contributed by atoms with van der Waals surface area (Å²) in [5, 5.41) is 7.93. The molecule has 0 aliphatic carbocycles. The molecule has 0 saturated carbocycles. The number of pyridine rings is 1. The molecular weight excluding hydrogens is 294 g/mol. The molecule has 1 aromatic heterocycles. The monoisotopic (exact) mass is 305 g/mol. The first kappa shape index (κ1) is 12.6. The zero-order chi connectivity index (χ0) is 13.1. The van der Waals surface area contributed by atoms with Crippen LogP contribution >= 0.6 is 15.9 Å². The highest BCUT2D eigenvalue weighted by molar-refractivity contribution is 9.10. The first-order chi connectivity index (χ1) is 8.58. The predicted molar refractivity (Wildman–Crippen MR) is 72.0 cm³/mol. The Morgan fingerprint density at radius 2 is 2.11 bits per heavy atom. The van der Waals surface area contributed by atoms with Gasteiger partial charge in [-0.25, -0.2) is 0 Å². The lowest BCUT2D eigenvalue weighted by molar-refractivity contribution is 0.0998. The number of nitrogens with two attached hydrogens (primary N) is 1. The van der Waals surface area contributed by atoms with Crippen LogP contribution in [0.3, 0.4) is 0 Å². The zero-order valence-electron chi connectivity index (χ0n) is 9.56. The van der Waals surface area contributed by atoms with E-state index in [1.54, 1.807) is 22.9 Å². The Morgan fingerprint density at radius 3 is 2.78 bits per heavy atom. The number of benzene rings is 1. The van der Waals surface area contributed by atoms with E-state index in [1.807, 2.05) is 24.3 Å². The molecule has 92 valence electrons. The number of hydrogen-bond acceptors (Lipinski definition) is 2. The molecule has 0 unspecified atom stereocenters. The second kappa shape index (κ2) is 5.18. The summed E-state index contributed by atoms with van der Waals surface area (Å²) >= 11 is 3.40. The third-order valence-electron chi connectivity index (χ3n) is 2.58. The van der Waals surface area contributed by atoms with Gasteiger partial charge in [-0.1, -0.05) is 28.1 Å². The van der Waals surface area contributed by atoms with Crippen LogP contribution in [-0.2, 0) is 6.54 Å². The number of nitrogens with zero attached hydrogens (tertiary/aromatic N) is 1. The van der Waals surface area contributed by atoms with Gasteiger partial charge in [-0.15, -0.1) is 0 Å². The fraction of sp³-hybridized carbons (Fsp3) is 0.0769. The van der Waals surface area contributed by atoms with Gasteiger partial charge in [-0.2, -0.15) is 0 Å². The summed E-state index contributed by atoms with van der Waals surface area (Å²) in [6.07, 6.45) is 1.76. The largest absolute Gasteiger partial charge is 0.365 e. The number of nitrogens with one attached hydrogen (secondary N) is 1. The van der Waals surface area contributed by atoms with Crippen molar-refractivity contribution in [3.8, 4) is 0 Å². The number of amides is 1. The van der Waals surface area contributed by atoms with Gasteiger partial charge in [0.1, 0.15) is 5.49 Å². The lowest BCUT2D eigenvalue weighted by Gasteiger charge is -2.09. The fourth-order valence-electron chi connectivity index (χ4n) is 1.71. The van der Waals surface area contributed by atoms with Gasteiger partial charge < -0.3 is 10.3 Å². The Hall–Kier alpha value is -1.88. The smallest absolute Gasteiger partial charge is 0.252 e. The second-order valence-electron chi connectivity index (χ2n) is 3.89. The highest BCUT2D eigenvalue weighted by atomic mass is 79.9. The number of aromatic nitrogens is 1. The minimum absolute atomic E-state index is 0.130. The summed E-state index contributed by atoms with van der Waals surface area (Å²) in [6.45, 7) is 0.527. The van der Waals surface area contributed by atoms with E-state index in [2.05, 4.69) is 15.9 Å². The van der Waals surface area contributed by atoms with Crippen LogP contribution < -0.4 is 11.2 Å². The fourth-order valence-corrected chi connectivity index (χ4v) is 2.16. The molecule has 18 heavy (non-hydrogen) atoms. The molecule has 3 N–H and O–H groups in total. The normalized spacial score (nSPS) is 10.3. The lowest BCUT2D eigenvalue weighted by Crippen LogP contribution is -2.29. The van der Waals surface area contributed by atoms with Crippen molar-refractivity contribution >= 4 is 21.8 Å². The van der Waals surface area contributed by atoms with E-state index in [9.17, 15) is 4.79 Å². The minimum atomic E-state index is -0.580. The average Bonchev–Trinajstić information content (AvgIpc) is 2.31. The Bertz CT molecular complexity index is 649. The summed E-state index contributed by atoms with van der Waals surface area (Å²) in [6, 6.07) is 11.1. The molecule has 2 aromatic rings. The van der Waals surface area contributed by atoms with Gasteiger partial charge in [0.2, 0.25) is 0 Å². The maximum absolute atomic E-state index is 11.2. The number of rotatable bonds is 3. The van der Waals surface area contributed by atoms with Gasteiger partial charge in [0.05, 0.1) is 5.56 Å². The van der Waals surface area contributed by atoms with E-state index in [1.165, 1.54) is 0 Å². The van der Waals surface area contributed by atoms with Crippen molar-refractivity contribution in [1.82, 2.24) is 4.57 Å². The third kappa shape index (κ3) is 2.68. The highest BCUT2D eigenvalue weighted by Crippen LogP contribution is 2.12. The number of hydrogen-bond donors (Lipinski definition) is 2. The number of primary amides is 1. The summed E-state index contributed by atoms with van der Waals surface area (Å²) < 4.78 is 2.67. The van der Waals surface area contributed by atoms with Gasteiger partial charge in [0.15, 0.2) is 0 Å². The van der Waals surface area contributed by atoms with Gasteiger partial charge in [-0.3, -0.25) is 10.2 Å². The van der Waals surface area contributed by atoms with Crippen LogP contribution in [0.2, 0.25) is 0 Å². The second-order valence-corrected chi connectivity index (χ2v) is 4.81. The molecule has 5 heteroatoms. The van der Waals surface area contributed by atoms with Crippen molar-refractivity contribution in [2.45, 2.75) is 6.54 Å². The van der Waals surface area contributed by atoms with E-state index in [0.29, 0.717) is 6.54 Å². The van der Waals surface area contributed by atoms with Crippen molar-refractivity contribution in [2.24, 2.45) is 5.73 Å². The molecule has 0 bridgehead atoms. The molecule has 0 spiro atoms. The van der Waals surface area contributed by atoms with E-state index in [4.69, 9.17) is 11.1 Å². The van der Waals surface area contributed by atoms with Crippen LogP contribution in [0.15, 0.2) is 47.1 Å². The van der Waals surface area contributed by atoms with Gasteiger partial charge in [-0.05, 0) is 29.8 Å². The molecule has 1 aromatic carbocycles. The molecule has 0 aliphatic heterocycles. The predicted octanol–water partition coefficient (Wildman–Crippen LogP) is 1.88. The van der Waals surface area contributed by atoms with Crippen molar-refractivity contribution in [2.75, 3.05) is 0 Å². The van der Waals surface area contributed by atoms with Gasteiger partial charge in [0, 0.05) is 17.2 Å². The summed E-state index contributed by atoms with van der Waals surface area (Å²) in [4.78, 5) is 11.2. The van der Waals surface area contributed by atoms with E-state index in [0.717, 1.165) is 10.0 Å². The van der Waals surface area contributed by atoms with Gasteiger partial charge in [0.25, 0.3) is 5.91 Å². The minimum Gasteiger partial charge on any atom is -0.365 e. The topological polar surface area (TPSA) is 71.9 Å². The highest BCUT2D eigenvalue weighted by Gasteiger charge is 2.05. The summed E-state index contributed by atoms with van der Waals surface area (Å²) in [5.41, 5.74) is 6.63. The van der Waals surface area contributed by atoms with Crippen LogP contribution in [0.5, 0.6) is 0 Å². The molecule has 2 rings (SSSR count). The average molecular weight is 306 g/mol. The third-order valence-corrected chi connectivity index (χ3v) is 3.07. The molecular formula is C13H12BrN3O. The van der Waals surface area contributed by atoms with E-state index < -0.39 is 5.91 Å². The molecule has 4 nitrogen and oxygen atoms in total. The Morgan fingerprint density at radius 1 is 1.33 bits per heavy atom. The molecule has 0 aliphatic rings. The van der Waals surface area contributed by atoms with E-state index in [-0.39, 0.29) is 11.1 Å². The van der Waals surface area contributed by atoms with Crippen molar-refractivity contribution in [3.63, 3.8) is 0 Å². The van der Waals surface area contributed by atoms with Crippen molar-refractivity contribution in [3.05, 3.63) is 63.7 Å². The van der Waals surface area contributed by atoms with Gasteiger partial charge >= 0.3 is 0 Å². The number of carbonyl (C=O) groups excluding carboxylic acids is 1. The number of halogens is 1. The van der Waals surface area contributed by atoms with Crippen molar-refractivity contribution in [1.29, 1.82) is 5.41 Å². The molecule has 0 fully saturated rings.